The molecule has 0 fully saturated rings. The molecule has 0 saturated carbocycles. The van der Waals surface area contributed by atoms with Gasteiger partial charge >= 0.3 is 17.1 Å². The molecule has 1 N–H and O–H groups in total. The maximum absolute atomic E-state index is 12.8. The van der Waals surface area contributed by atoms with Crippen LogP contribution in [-0.2, 0) is 0 Å². The summed E-state index contributed by atoms with van der Waals surface area (Å²) in [5.74, 6) is 1.42. The highest BCUT2D eigenvalue weighted by molar-refractivity contribution is 7.07. The molecule has 0 radical (unpaired) electrons. The number of para-hydroxylation sites is 1. The van der Waals surface area contributed by atoms with E-state index in [1.54, 1.807) is 30.5 Å². The standard InChI is InChI=1S/C19H14N4O4S/c1-12-9-13(7-8-15(12)27-14-5-3-2-4-6-14)22-17(24)21-18(25)23(19(22)26)16-10-28-11-20-16/h2-11H,1H3,(H,21,24,25). The molecule has 0 aliphatic heterocycles. The third-order valence-electron chi connectivity index (χ3n) is 4.04. The van der Waals surface area contributed by atoms with Crippen LogP contribution in [-0.4, -0.2) is 19.1 Å². The highest BCUT2D eigenvalue weighted by Crippen LogP contribution is 2.26. The summed E-state index contributed by atoms with van der Waals surface area (Å²) in [5.41, 5.74) is 0.0785. The van der Waals surface area contributed by atoms with E-state index in [0.29, 0.717) is 17.2 Å². The fourth-order valence-corrected chi connectivity index (χ4v) is 3.24. The third kappa shape index (κ3) is 3.19. The van der Waals surface area contributed by atoms with Crippen LogP contribution < -0.4 is 21.8 Å². The Bertz CT molecular complexity index is 1300. The third-order valence-corrected chi connectivity index (χ3v) is 4.61. The Kier molecular flexibility index (Phi) is 4.50. The molecule has 0 spiro atoms. The van der Waals surface area contributed by atoms with E-state index in [-0.39, 0.29) is 5.82 Å². The van der Waals surface area contributed by atoms with Crippen LogP contribution in [0.25, 0.3) is 11.5 Å². The molecule has 140 valence electrons. The zero-order valence-electron chi connectivity index (χ0n) is 14.7. The number of ether oxygens (including phenoxy) is 1. The van der Waals surface area contributed by atoms with Gasteiger partial charge in [-0.1, -0.05) is 18.2 Å². The second-order valence-electron chi connectivity index (χ2n) is 5.90. The highest BCUT2D eigenvalue weighted by atomic mass is 32.1. The van der Waals surface area contributed by atoms with Crippen LogP contribution in [0.4, 0.5) is 0 Å². The smallest absolute Gasteiger partial charge is 0.346 e. The summed E-state index contributed by atoms with van der Waals surface area (Å²) in [5, 5.41) is 1.55. The lowest BCUT2D eigenvalue weighted by molar-refractivity contribution is 0.478. The summed E-state index contributed by atoms with van der Waals surface area (Å²) in [6.07, 6.45) is 0. The van der Waals surface area contributed by atoms with Gasteiger partial charge in [0.25, 0.3) is 0 Å². The average molecular weight is 394 g/mol. The lowest BCUT2D eigenvalue weighted by Crippen LogP contribution is -2.48. The zero-order chi connectivity index (χ0) is 19.7. The topological polar surface area (TPSA) is 99.0 Å². The van der Waals surface area contributed by atoms with Gasteiger partial charge in [-0.05, 0) is 42.8 Å². The Morgan fingerprint density at radius 3 is 2.43 bits per heavy atom. The number of nitrogens with one attached hydrogen (secondary N) is 1. The summed E-state index contributed by atoms with van der Waals surface area (Å²) in [4.78, 5) is 43.4. The average Bonchev–Trinajstić information content (AvgIpc) is 3.18. The molecular formula is C19H14N4O4S. The van der Waals surface area contributed by atoms with Gasteiger partial charge in [0.15, 0.2) is 5.82 Å². The number of benzene rings is 2. The number of thiazole rings is 1. The van der Waals surface area contributed by atoms with Crippen LogP contribution in [0, 0.1) is 6.92 Å². The van der Waals surface area contributed by atoms with Crippen molar-refractivity contribution in [2.24, 2.45) is 0 Å². The van der Waals surface area contributed by atoms with E-state index in [9.17, 15) is 14.4 Å². The fourth-order valence-electron chi connectivity index (χ4n) is 2.73. The van der Waals surface area contributed by atoms with Crippen molar-refractivity contribution in [2.75, 3.05) is 0 Å². The molecule has 2 aromatic carbocycles. The van der Waals surface area contributed by atoms with Gasteiger partial charge in [-0.15, -0.1) is 11.3 Å². The van der Waals surface area contributed by atoms with Gasteiger partial charge in [0, 0.05) is 5.38 Å². The zero-order valence-corrected chi connectivity index (χ0v) is 15.5. The molecule has 2 heterocycles. The largest absolute Gasteiger partial charge is 0.457 e. The molecular weight excluding hydrogens is 380 g/mol. The summed E-state index contributed by atoms with van der Waals surface area (Å²) in [6.45, 7) is 1.80. The second-order valence-corrected chi connectivity index (χ2v) is 6.62. The van der Waals surface area contributed by atoms with E-state index in [0.717, 1.165) is 14.7 Å². The van der Waals surface area contributed by atoms with Crippen LogP contribution in [0.2, 0.25) is 0 Å². The molecule has 4 rings (SSSR count). The predicted octanol–water partition coefficient (Wildman–Crippen LogP) is 2.23. The molecule has 0 aliphatic carbocycles. The number of hydrogen-bond acceptors (Lipinski definition) is 6. The van der Waals surface area contributed by atoms with Gasteiger partial charge in [0.2, 0.25) is 0 Å². The van der Waals surface area contributed by atoms with Crippen molar-refractivity contribution < 1.29 is 4.74 Å². The van der Waals surface area contributed by atoms with E-state index in [1.807, 2.05) is 30.3 Å². The molecule has 8 nitrogen and oxygen atoms in total. The van der Waals surface area contributed by atoms with Gasteiger partial charge in [-0.3, -0.25) is 4.98 Å². The van der Waals surface area contributed by atoms with Gasteiger partial charge in [0.1, 0.15) is 11.5 Å². The molecule has 0 atom stereocenters. The lowest BCUT2D eigenvalue weighted by atomic mass is 10.2. The summed E-state index contributed by atoms with van der Waals surface area (Å²) in [7, 11) is 0. The lowest BCUT2D eigenvalue weighted by Gasteiger charge is -2.12. The van der Waals surface area contributed by atoms with Crippen molar-refractivity contribution in [1.29, 1.82) is 0 Å². The number of aryl methyl sites for hydroxylation is 1. The molecule has 0 aliphatic rings. The predicted molar refractivity (Wildman–Crippen MR) is 105 cm³/mol. The van der Waals surface area contributed by atoms with Crippen LogP contribution in [0.5, 0.6) is 11.5 Å². The van der Waals surface area contributed by atoms with Gasteiger partial charge in [-0.25, -0.2) is 23.9 Å². The first-order valence-corrected chi connectivity index (χ1v) is 9.20. The number of nitrogens with zero attached hydrogens (tertiary/aromatic N) is 3. The van der Waals surface area contributed by atoms with Gasteiger partial charge < -0.3 is 4.74 Å². The highest BCUT2D eigenvalue weighted by Gasteiger charge is 2.15. The molecule has 0 unspecified atom stereocenters. The summed E-state index contributed by atoms with van der Waals surface area (Å²) < 4.78 is 7.54. The van der Waals surface area contributed by atoms with E-state index >= 15 is 0 Å². The first-order valence-electron chi connectivity index (χ1n) is 8.25. The molecule has 0 bridgehead atoms. The van der Waals surface area contributed by atoms with Crippen LogP contribution in [0.3, 0.4) is 0 Å². The number of hydrogen-bond donors (Lipinski definition) is 1. The first-order chi connectivity index (χ1) is 13.5. The van der Waals surface area contributed by atoms with Crippen LogP contribution >= 0.6 is 11.3 Å². The van der Waals surface area contributed by atoms with Crippen LogP contribution in [0.15, 0.2) is 73.8 Å². The number of aromatic nitrogens is 4. The molecule has 0 amide bonds. The summed E-state index contributed by atoms with van der Waals surface area (Å²) >= 11 is 1.24. The van der Waals surface area contributed by atoms with E-state index in [4.69, 9.17) is 4.74 Å². The number of aromatic amines is 1. The fraction of sp³-hybridized carbons (Fsp3) is 0.0526. The van der Waals surface area contributed by atoms with Crippen LogP contribution in [0.1, 0.15) is 5.56 Å². The monoisotopic (exact) mass is 394 g/mol. The van der Waals surface area contributed by atoms with E-state index < -0.39 is 17.1 Å². The van der Waals surface area contributed by atoms with Crippen molar-refractivity contribution in [3.8, 4) is 23.0 Å². The Morgan fingerprint density at radius 2 is 1.75 bits per heavy atom. The van der Waals surface area contributed by atoms with Crippen molar-refractivity contribution in [3.63, 3.8) is 0 Å². The Hall–Kier alpha value is -3.72. The maximum Gasteiger partial charge on any atom is 0.346 e. The minimum atomic E-state index is -0.835. The molecule has 0 saturated heterocycles. The number of H-pyrrole nitrogens is 1. The van der Waals surface area contributed by atoms with Gasteiger partial charge in [0.05, 0.1) is 11.2 Å². The van der Waals surface area contributed by atoms with Crippen molar-refractivity contribution in [1.82, 2.24) is 19.1 Å². The Labute approximate surface area is 162 Å². The second kappa shape index (κ2) is 7.12. The van der Waals surface area contributed by atoms with E-state index in [2.05, 4.69) is 9.97 Å². The maximum atomic E-state index is 12.8. The minimum absolute atomic E-state index is 0.158. The molecule has 4 aromatic rings. The Morgan fingerprint density at radius 1 is 1.00 bits per heavy atom. The normalized spacial score (nSPS) is 10.8. The van der Waals surface area contributed by atoms with E-state index in [1.165, 1.54) is 16.8 Å². The summed E-state index contributed by atoms with van der Waals surface area (Å²) in [6, 6.07) is 14.2. The molecule has 2 aromatic heterocycles. The minimum Gasteiger partial charge on any atom is -0.457 e. The molecule has 9 heteroatoms. The van der Waals surface area contributed by atoms with Gasteiger partial charge in [-0.2, -0.15) is 4.57 Å². The molecule has 28 heavy (non-hydrogen) atoms. The quantitative estimate of drug-likeness (QED) is 0.572. The first kappa shape index (κ1) is 17.7. The van der Waals surface area contributed by atoms with Crippen molar-refractivity contribution in [3.05, 3.63) is 96.4 Å². The van der Waals surface area contributed by atoms with Crippen molar-refractivity contribution >= 4 is 11.3 Å². The number of rotatable bonds is 4. The SMILES string of the molecule is Cc1cc(-n2c(=O)[nH]c(=O)n(-c3cscn3)c2=O)ccc1Oc1ccccc1. The van der Waals surface area contributed by atoms with Crippen molar-refractivity contribution in [2.45, 2.75) is 6.92 Å². The Balaban J connectivity index is 1.81.